The molecule has 2 fully saturated rings. The number of aromatic amines is 1. The Balaban J connectivity index is 1.19. The fourth-order valence-electron chi connectivity index (χ4n) is 5.13. The standard InChI is InChI=1S/C26H25N7S/c1-3-22(34-10-1)20-7-6-17-4-5-18(13-21(17)30-20)24-23-25(27-15-28-26(23)32-31-24)29-19-11-16(12-19)14-33-8-2-9-33/h1,3-7,10,13,15-16,19H,2,8-9,11-12,14H2,(H2,27,28,29,31,32). The van der Waals surface area contributed by atoms with Crippen LogP contribution in [0.3, 0.4) is 0 Å². The molecule has 0 bridgehead atoms. The number of likely N-dealkylation sites (tertiary alicyclic amines) is 1. The van der Waals surface area contributed by atoms with Gasteiger partial charge in [-0.1, -0.05) is 24.3 Å². The molecule has 170 valence electrons. The molecule has 8 heteroatoms. The molecule has 0 atom stereocenters. The molecule has 1 aromatic carbocycles. The third-order valence-corrected chi connectivity index (χ3v) is 8.04. The molecule has 2 N–H and O–H groups in total. The smallest absolute Gasteiger partial charge is 0.186 e. The molecule has 0 spiro atoms. The van der Waals surface area contributed by atoms with Crippen molar-refractivity contribution in [3.8, 4) is 21.8 Å². The molecule has 0 radical (unpaired) electrons. The number of nitrogens with zero attached hydrogens (tertiary/aromatic N) is 5. The van der Waals surface area contributed by atoms with E-state index in [9.17, 15) is 0 Å². The average molecular weight is 468 g/mol. The van der Waals surface area contributed by atoms with Crippen molar-refractivity contribution in [1.82, 2.24) is 30.0 Å². The fraction of sp³-hybridized carbons (Fsp3) is 0.308. The Morgan fingerprint density at radius 1 is 1.09 bits per heavy atom. The van der Waals surface area contributed by atoms with Crippen molar-refractivity contribution in [2.45, 2.75) is 25.3 Å². The summed E-state index contributed by atoms with van der Waals surface area (Å²) in [5, 5.41) is 15.5. The van der Waals surface area contributed by atoms with Crippen LogP contribution in [0.2, 0.25) is 0 Å². The van der Waals surface area contributed by atoms with Crippen molar-refractivity contribution in [2.75, 3.05) is 25.0 Å². The molecule has 5 aromatic rings. The number of thiophene rings is 1. The summed E-state index contributed by atoms with van der Waals surface area (Å²) in [7, 11) is 0. The quantitative estimate of drug-likeness (QED) is 0.357. The largest absolute Gasteiger partial charge is 0.367 e. The predicted octanol–water partition coefficient (Wildman–Crippen LogP) is 5.19. The molecule has 34 heavy (non-hydrogen) atoms. The molecule has 2 aliphatic rings. The average Bonchev–Trinajstić information content (AvgIpc) is 3.49. The van der Waals surface area contributed by atoms with Gasteiger partial charge in [-0.3, -0.25) is 5.10 Å². The second-order valence-electron chi connectivity index (χ2n) is 9.43. The van der Waals surface area contributed by atoms with Gasteiger partial charge < -0.3 is 10.2 Å². The van der Waals surface area contributed by atoms with Crippen LogP contribution in [0.1, 0.15) is 19.3 Å². The van der Waals surface area contributed by atoms with Gasteiger partial charge in [-0.15, -0.1) is 11.3 Å². The number of H-pyrrole nitrogens is 1. The summed E-state index contributed by atoms with van der Waals surface area (Å²) in [4.78, 5) is 17.7. The lowest BCUT2D eigenvalue weighted by molar-refractivity contribution is 0.114. The number of anilines is 1. The van der Waals surface area contributed by atoms with Crippen LogP contribution in [-0.2, 0) is 0 Å². The van der Waals surface area contributed by atoms with Crippen molar-refractivity contribution < 1.29 is 0 Å². The Morgan fingerprint density at radius 2 is 2.00 bits per heavy atom. The van der Waals surface area contributed by atoms with Crippen molar-refractivity contribution >= 4 is 39.1 Å². The lowest BCUT2D eigenvalue weighted by Gasteiger charge is -2.42. The van der Waals surface area contributed by atoms with Crippen LogP contribution in [0.5, 0.6) is 0 Å². The topological polar surface area (TPSA) is 82.6 Å². The SMILES string of the molecule is c1csc(-c2ccc3ccc(-c4[nH]nc5ncnc(NC6CC(CN7CCC7)C6)c45)cc3n2)c1. The van der Waals surface area contributed by atoms with Crippen LogP contribution in [-0.4, -0.2) is 55.7 Å². The molecule has 7 rings (SSSR count). The third kappa shape index (κ3) is 3.54. The van der Waals surface area contributed by atoms with Gasteiger partial charge in [0.15, 0.2) is 5.65 Å². The first kappa shape index (κ1) is 20.1. The minimum absolute atomic E-state index is 0.457. The summed E-state index contributed by atoms with van der Waals surface area (Å²) in [6.07, 6.45) is 5.35. The number of nitrogens with one attached hydrogen (secondary N) is 2. The van der Waals surface area contributed by atoms with E-state index in [0.29, 0.717) is 11.7 Å². The lowest BCUT2D eigenvalue weighted by atomic mass is 9.79. The van der Waals surface area contributed by atoms with E-state index in [1.807, 2.05) is 0 Å². The van der Waals surface area contributed by atoms with Gasteiger partial charge in [0.05, 0.1) is 27.2 Å². The molecule has 0 amide bonds. The third-order valence-electron chi connectivity index (χ3n) is 7.15. The molecule has 1 aliphatic carbocycles. The Hall–Kier alpha value is -3.36. The Bertz CT molecular complexity index is 1470. The zero-order valence-corrected chi connectivity index (χ0v) is 19.6. The van der Waals surface area contributed by atoms with E-state index in [4.69, 9.17) is 4.98 Å². The first-order chi connectivity index (χ1) is 16.8. The highest BCUT2D eigenvalue weighted by molar-refractivity contribution is 7.13. The minimum Gasteiger partial charge on any atom is -0.367 e. The van der Waals surface area contributed by atoms with Crippen LogP contribution in [0.4, 0.5) is 5.82 Å². The number of hydrogen-bond acceptors (Lipinski definition) is 7. The van der Waals surface area contributed by atoms with Crippen LogP contribution in [0.15, 0.2) is 54.2 Å². The van der Waals surface area contributed by atoms with Crippen molar-refractivity contribution in [2.24, 2.45) is 5.92 Å². The van der Waals surface area contributed by atoms with E-state index in [-0.39, 0.29) is 0 Å². The summed E-state index contributed by atoms with van der Waals surface area (Å²) >= 11 is 1.71. The van der Waals surface area contributed by atoms with Gasteiger partial charge in [0.25, 0.3) is 0 Å². The number of aromatic nitrogens is 5. The maximum absolute atomic E-state index is 4.93. The Kier molecular flexibility index (Phi) is 4.80. The summed E-state index contributed by atoms with van der Waals surface area (Å²) in [6, 6.07) is 15.2. The molecule has 1 aliphatic heterocycles. The fourth-order valence-corrected chi connectivity index (χ4v) is 5.83. The van der Waals surface area contributed by atoms with Crippen molar-refractivity contribution in [1.29, 1.82) is 0 Å². The highest BCUT2D eigenvalue weighted by Crippen LogP contribution is 2.36. The van der Waals surface area contributed by atoms with Crippen molar-refractivity contribution in [3.63, 3.8) is 0 Å². The number of hydrogen-bond donors (Lipinski definition) is 2. The van der Waals surface area contributed by atoms with Gasteiger partial charge in [0.1, 0.15) is 12.1 Å². The van der Waals surface area contributed by atoms with E-state index in [1.165, 1.54) is 43.8 Å². The summed E-state index contributed by atoms with van der Waals surface area (Å²) in [5.74, 6) is 1.66. The molecular weight excluding hydrogens is 442 g/mol. The number of pyridine rings is 1. The number of fused-ring (bicyclic) bond motifs is 2. The van der Waals surface area contributed by atoms with E-state index < -0.39 is 0 Å². The van der Waals surface area contributed by atoms with E-state index in [1.54, 1.807) is 17.7 Å². The number of rotatable bonds is 6. The molecule has 1 saturated heterocycles. The molecule has 4 aromatic heterocycles. The molecule has 5 heterocycles. The second kappa shape index (κ2) is 8.14. The first-order valence-electron chi connectivity index (χ1n) is 11.9. The second-order valence-corrected chi connectivity index (χ2v) is 10.4. The predicted molar refractivity (Wildman–Crippen MR) is 137 cm³/mol. The summed E-state index contributed by atoms with van der Waals surface area (Å²) in [5.41, 5.74) is 4.61. The summed E-state index contributed by atoms with van der Waals surface area (Å²) < 4.78 is 0. The first-order valence-corrected chi connectivity index (χ1v) is 12.8. The van der Waals surface area contributed by atoms with Crippen LogP contribution >= 0.6 is 11.3 Å². The van der Waals surface area contributed by atoms with Gasteiger partial charge in [-0.2, -0.15) is 5.10 Å². The van der Waals surface area contributed by atoms with Gasteiger partial charge in [0.2, 0.25) is 0 Å². The molecule has 7 nitrogen and oxygen atoms in total. The van der Waals surface area contributed by atoms with Crippen molar-refractivity contribution in [3.05, 3.63) is 54.2 Å². The molecule has 0 unspecified atom stereocenters. The minimum atomic E-state index is 0.457. The molecular formula is C26H25N7S. The Morgan fingerprint density at radius 3 is 2.82 bits per heavy atom. The van der Waals surface area contributed by atoms with Gasteiger partial charge in [-0.05, 0) is 61.8 Å². The van der Waals surface area contributed by atoms with E-state index in [2.05, 4.69) is 78.2 Å². The summed E-state index contributed by atoms with van der Waals surface area (Å²) in [6.45, 7) is 3.79. The zero-order valence-electron chi connectivity index (χ0n) is 18.7. The van der Waals surface area contributed by atoms with Gasteiger partial charge >= 0.3 is 0 Å². The highest BCUT2D eigenvalue weighted by Gasteiger charge is 2.32. The Labute approximate surface area is 201 Å². The molecule has 1 saturated carbocycles. The lowest BCUT2D eigenvalue weighted by Crippen LogP contribution is -2.46. The maximum Gasteiger partial charge on any atom is 0.186 e. The van der Waals surface area contributed by atoms with E-state index >= 15 is 0 Å². The normalized spacial score (nSPS) is 20.4. The highest BCUT2D eigenvalue weighted by atomic mass is 32.1. The van der Waals surface area contributed by atoms with Gasteiger partial charge in [-0.25, -0.2) is 15.0 Å². The monoisotopic (exact) mass is 467 g/mol. The van der Waals surface area contributed by atoms with E-state index in [0.717, 1.165) is 45.0 Å². The van der Waals surface area contributed by atoms with Gasteiger partial charge in [0, 0.05) is 23.5 Å². The maximum atomic E-state index is 4.93. The van der Waals surface area contributed by atoms with Crippen LogP contribution in [0.25, 0.3) is 43.8 Å². The van der Waals surface area contributed by atoms with Crippen LogP contribution < -0.4 is 5.32 Å². The number of benzene rings is 1. The van der Waals surface area contributed by atoms with Crippen LogP contribution in [0, 0.1) is 5.92 Å². The zero-order chi connectivity index (χ0) is 22.5.